The van der Waals surface area contributed by atoms with Crippen LogP contribution in [0.25, 0.3) is 33.7 Å². The molecule has 108 valence electrons. The van der Waals surface area contributed by atoms with E-state index in [9.17, 15) is 0 Å². The number of aromatic nitrogens is 3. The van der Waals surface area contributed by atoms with Gasteiger partial charge in [-0.05, 0) is 35.7 Å². The summed E-state index contributed by atoms with van der Waals surface area (Å²) in [6, 6.07) is 15.6. The molecule has 22 heavy (non-hydrogen) atoms. The Morgan fingerprint density at radius 2 is 2.00 bits per heavy atom. The van der Waals surface area contributed by atoms with E-state index in [4.69, 9.17) is 9.26 Å². The smallest absolute Gasteiger partial charge is 0.258 e. The maximum Gasteiger partial charge on any atom is 0.258 e. The summed E-state index contributed by atoms with van der Waals surface area (Å²) in [6.07, 6.45) is 1.91. The van der Waals surface area contributed by atoms with Gasteiger partial charge >= 0.3 is 0 Å². The van der Waals surface area contributed by atoms with Gasteiger partial charge in [0.05, 0.1) is 7.11 Å². The molecular weight excluding hydrogens is 278 g/mol. The lowest BCUT2D eigenvalue weighted by Crippen LogP contribution is -1.85. The molecule has 0 unspecified atom stereocenters. The second-order valence-electron chi connectivity index (χ2n) is 4.93. The second kappa shape index (κ2) is 5.04. The Balaban J connectivity index is 1.73. The first kappa shape index (κ1) is 12.6. The molecule has 4 aromatic rings. The Morgan fingerprint density at radius 1 is 1.05 bits per heavy atom. The summed E-state index contributed by atoms with van der Waals surface area (Å²) >= 11 is 0. The van der Waals surface area contributed by atoms with Gasteiger partial charge in [0.25, 0.3) is 5.89 Å². The summed E-state index contributed by atoms with van der Waals surface area (Å²) < 4.78 is 10.6. The first-order valence-corrected chi connectivity index (χ1v) is 6.89. The number of ether oxygens (including phenoxy) is 1. The van der Waals surface area contributed by atoms with Crippen LogP contribution >= 0.6 is 0 Å². The van der Waals surface area contributed by atoms with Crippen LogP contribution in [0.15, 0.2) is 59.3 Å². The Morgan fingerprint density at radius 3 is 2.91 bits per heavy atom. The highest BCUT2D eigenvalue weighted by Gasteiger charge is 2.11. The van der Waals surface area contributed by atoms with Crippen LogP contribution in [0.3, 0.4) is 0 Å². The third-order valence-corrected chi connectivity index (χ3v) is 3.56. The van der Waals surface area contributed by atoms with Gasteiger partial charge in [0, 0.05) is 22.8 Å². The number of benzene rings is 2. The first-order chi connectivity index (χ1) is 10.8. The van der Waals surface area contributed by atoms with Gasteiger partial charge in [-0.2, -0.15) is 4.98 Å². The fourth-order valence-corrected chi connectivity index (χ4v) is 2.40. The number of rotatable bonds is 3. The van der Waals surface area contributed by atoms with Crippen molar-refractivity contribution in [2.75, 3.05) is 7.11 Å². The van der Waals surface area contributed by atoms with Crippen molar-refractivity contribution < 1.29 is 9.26 Å². The van der Waals surface area contributed by atoms with E-state index >= 15 is 0 Å². The van der Waals surface area contributed by atoms with E-state index in [2.05, 4.69) is 15.1 Å². The van der Waals surface area contributed by atoms with Crippen molar-refractivity contribution in [1.82, 2.24) is 15.1 Å². The van der Waals surface area contributed by atoms with E-state index in [-0.39, 0.29) is 0 Å². The highest BCUT2D eigenvalue weighted by atomic mass is 16.5. The molecular formula is C17H13N3O2. The molecule has 0 saturated heterocycles. The molecule has 0 bridgehead atoms. The van der Waals surface area contributed by atoms with E-state index in [1.807, 2.05) is 54.7 Å². The Hall–Kier alpha value is -3.08. The topological polar surface area (TPSA) is 63.9 Å². The van der Waals surface area contributed by atoms with Gasteiger partial charge in [0.1, 0.15) is 5.75 Å². The molecule has 0 spiro atoms. The zero-order chi connectivity index (χ0) is 14.9. The van der Waals surface area contributed by atoms with Crippen molar-refractivity contribution in [1.29, 1.82) is 0 Å². The molecule has 1 N–H and O–H groups in total. The monoisotopic (exact) mass is 291 g/mol. The van der Waals surface area contributed by atoms with E-state index in [1.54, 1.807) is 7.11 Å². The molecule has 0 aliphatic carbocycles. The van der Waals surface area contributed by atoms with Gasteiger partial charge < -0.3 is 14.2 Å². The van der Waals surface area contributed by atoms with Crippen LogP contribution in [0.5, 0.6) is 5.75 Å². The minimum atomic E-state index is 0.495. The van der Waals surface area contributed by atoms with E-state index < -0.39 is 0 Å². The number of aromatic amines is 1. The Kier molecular flexibility index (Phi) is 2.89. The fourth-order valence-electron chi connectivity index (χ4n) is 2.40. The SMILES string of the molecule is COc1cccc(-c2noc(-c3ccc4cc[nH]c4c3)n2)c1. The first-order valence-electron chi connectivity index (χ1n) is 6.89. The van der Waals surface area contributed by atoms with Gasteiger partial charge in [0.15, 0.2) is 0 Å². The largest absolute Gasteiger partial charge is 0.497 e. The predicted octanol–water partition coefficient (Wildman–Crippen LogP) is 3.89. The molecule has 0 radical (unpaired) electrons. The molecule has 0 aliphatic heterocycles. The Bertz CT molecular complexity index is 940. The molecule has 2 aromatic heterocycles. The molecule has 2 aromatic carbocycles. The number of hydrogen-bond acceptors (Lipinski definition) is 4. The number of hydrogen-bond donors (Lipinski definition) is 1. The second-order valence-corrected chi connectivity index (χ2v) is 4.93. The highest BCUT2D eigenvalue weighted by Crippen LogP contribution is 2.26. The van der Waals surface area contributed by atoms with Gasteiger partial charge in [-0.1, -0.05) is 23.4 Å². The van der Waals surface area contributed by atoms with Crippen LogP contribution in [-0.4, -0.2) is 22.2 Å². The normalized spacial score (nSPS) is 11.0. The molecule has 0 saturated carbocycles. The van der Waals surface area contributed by atoms with Crippen molar-refractivity contribution in [2.45, 2.75) is 0 Å². The lowest BCUT2D eigenvalue weighted by molar-refractivity contribution is 0.414. The van der Waals surface area contributed by atoms with Crippen molar-refractivity contribution in [3.63, 3.8) is 0 Å². The average Bonchev–Trinajstić information content (AvgIpc) is 3.23. The van der Waals surface area contributed by atoms with Crippen molar-refractivity contribution in [3.8, 4) is 28.6 Å². The number of H-pyrrole nitrogens is 1. The van der Waals surface area contributed by atoms with Gasteiger partial charge in [-0.15, -0.1) is 0 Å². The number of fused-ring (bicyclic) bond motifs is 1. The molecule has 0 aliphatic rings. The van der Waals surface area contributed by atoms with Gasteiger partial charge in [-0.3, -0.25) is 0 Å². The average molecular weight is 291 g/mol. The Labute approximate surface area is 126 Å². The lowest BCUT2D eigenvalue weighted by atomic mass is 10.1. The summed E-state index contributed by atoms with van der Waals surface area (Å²) in [7, 11) is 1.63. The molecule has 4 rings (SSSR count). The predicted molar refractivity (Wildman–Crippen MR) is 83.6 cm³/mol. The van der Waals surface area contributed by atoms with Crippen LogP contribution in [0.4, 0.5) is 0 Å². The molecule has 0 amide bonds. The maximum absolute atomic E-state index is 5.39. The fraction of sp³-hybridized carbons (Fsp3) is 0.0588. The van der Waals surface area contributed by atoms with Crippen LogP contribution in [0.2, 0.25) is 0 Å². The summed E-state index contributed by atoms with van der Waals surface area (Å²) in [5, 5.41) is 5.20. The third-order valence-electron chi connectivity index (χ3n) is 3.56. The van der Waals surface area contributed by atoms with Crippen molar-refractivity contribution in [3.05, 3.63) is 54.7 Å². The zero-order valence-corrected chi connectivity index (χ0v) is 11.9. The van der Waals surface area contributed by atoms with Crippen LogP contribution < -0.4 is 4.74 Å². The molecule has 0 atom stereocenters. The molecule has 5 heteroatoms. The standard InChI is InChI=1S/C17H13N3O2/c1-21-14-4-2-3-12(9-14)16-19-17(22-20-16)13-6-5-11-7-8-18-15(11)10-13/h2-10,18H,1H3. The quantitative estimate of drug-likeness (QED) is 0.622. The summed E-state index contributed by atoms with van der Waals surface area (Å²) in [6.45, 7) is 0. The van der Waals surface area contributed by atoms with Crippen LogP contribution in [-0.2, 0) is 0 Å². The molecule has 5 nitrogen and oxygen atoms in total. The lowest BCUT2D eigenvalue weighted by Gasteiger charge is -1.99. The maximum atomic E-state index is 5.39. The summed E-state index contributed by atoms with van der Waals surface area (Å²) in [5.74, 6) is 1.80. The van der Waals surface area contributed by atoms with E-state index in [1.165, 1.54) is 0 Å². The minimum Gasteiger partial charge on any atom is -0.497 e. The summed E-state index contributed by atoms with van der Waals surface area (Å²) in [5.41, 5.74) is 2.78. The number of nitrogens with zero attached hydrogens (tertiary/aromatic N) is 2. The number of nitrogens with one attached hydrogen (secondary N) is 1. The van der Waals surface area contributed by atoms with Gasteiger partial charge in [-0.25, -0.2) is 0 Å². The van der Waals surface area contributed by atoms with E-state index in [0.717, 1.165) is 27.8 Å². The third kappa shape index (κ3) is 2.13. The van der Waals surface area contributed by atoms with Crippen LogP contribution in [0, 0.1) is 0 Å². The summed E-state index contributed by atoms with van der Waals surface area (Å²) in [4.78, 5) is 7.65. The molecule has 0 fully saturated rings. The van der Waals surface area contributed by atoms with Crippen LogP contribution in [0.1, 0.15) is 0 Å². The van der Waals surface area contributed by atoms with Gasteiger partial charge in [0.2, 0.25) is 5.82 Å². The van der Waals surface area contributed by atoms with Crippen molar-refractivity contribution in [2.24, 2.45) is 0 Å². The molecule has 2 heterocycles. The zero-order valence-electron chi connectivity index (χ0n) is 11.9. The minimum absolute atomic E-state index is 0.495. The number of methoxy groups -OCH3 is 1. The van der Waals surface area contributed by atoms with Crippen molar-refractivity contribution >= 4 is 10.9 Å². The van der Waals surface area contributed by atoms with E-state index in [0.29, 0.717) is 11.7 Å². The highest BCUT2D eigenvalue weighted by molar-refractivity contribution is 5.83.